The third-order valence-corrected chi connectivity index (χ3v) is 5.56. The number of hydrogen-bond acceptors (Lipinski definition) is 4. The van der Waals surface area contributed by atoms with Crippen molar-refractivity contribution >= 4 is 21.4 Å². The van der Waals surface area contributed by atoms with Crippen LogP contribution in [0.5, 0.6) is 0 Å². The molecule has 21 heavy (non-hydrogen) atoms. The molecule has 0 saturated carbocycles. The highest BCUT2D eigenvalue weighted by Gasteiger charge is 2.38. The quantitative estimate of drug-likeness (QED) is 0.877. The Morgan fingerprint density at radius 2 is 2.14 bits per heavy atom. The molecule has 116 valence electrons. The van der Waals surface area contributed by atoms with E-state index in [4.69, 9.17) is 0 Å². The molecule has 5 nitrogen and oxygen atoms in total. The van der Waals surface area contributed by atoms with Crippen molar-refractivity contribution in [3.05, 3.63) is 29.6 Å². The number of carbonyl (C=O) groups excluding carboxylic acids is 1. The van der Waals surface area contributed by atoms with Crippen molar-refractivity contribution in [1.82, 2.24) is 5.32 Å². The van der Waals surface area contributed by atoms with Crippen LogP contribution in [0.25, 0.3) is 0 Å². The van der Waals surface area contributed by atoms with Crippen LogP contribution >= 0.6 is 0 Å². The number of amides is 1. The van der Waals surface area contributed by atoms with Crippen LogP contribution in [-0.2, 0) is 14.6 Å². The molecule has 2 rings (SSSR count). The first-order valence-electron chi connectivity index (χ1n) is 6.71. The van der Waals surface area contributed by atoms with E-state index in [1.165, 1.54) is 12.1 Å². The van der Waals surface area contributed by atoms with Crippen molar-refractivity contribution in [3.8, 4) is 0 Å². The summed E-state index contributed by atoms with van der Waals surface area (Å²) in [5.41, 5.74) is 0.609. The maximum Gasteiger partial charge on any atom is 0.238 e. The van der Waals surface area contributed by atoms with Crippen LogP contribution in [-0.4, -0.2) is 37.9 Å². The Balaban J connectivity index is 1.92. The van der Waals surface area contributed by atoms with Crippen molar-refractivity contribution < 1.29 is 17.6 Å². The Kier molecular flexibility index (Phi) is 4.34. The van der Waals surface area contributed by atoms with Gasteiger partial charge >= 0.3 is 0 Å². The fourth-order valence-electron chi connectivity index (χ4n) is 2.37. The largest absolute Gasteiger partial charge is 0.325 e. The predicted molar refractivity (Wildman–Crippen MR) is 79.4 cm³/mol. The van der Waals surface area contributed by atoms with Crippen molar-refractivity contribution in [2.24, 2.45) is 0 Å². The molecule has 7 heteroatoms. The Morgan fingerprint density at radius 1 is 1.43 bits per heavy atom. The molecule has 0 bridgehead atoms. The molecule has 0 spiro atoms. The van der Waals surface area contributed by atoms with Gasteiger partial charge in [0.25, 0.3) is 0 Å². The third kappa shape index (κ3) is 4.25. The topological polar surface area (TPSA) is 75.3 Å². The average Bonchev–Trinajstić information content (AvgIpc) is 2.66. The zero-order valence-electron chi connectivity index (χ0n) is 12.1. The summed E-state index contributed by atoms with van der Waals surface area (Å²) in [5.74, 6) is -0.570. The van der Waals surface area contributed by atoms with Crippen LogP contribution < -0.4 is 10.6 Å². The molecular weight excluding hydrogens is 295 g/mol. The van der Waals surface area contributed by atoms with E-state index >= 15 is 0 Å². The molecule has 1 atom stereocenters. The lowest BCUT2D eigenvalue weighted by atomic mass is 10.0. The molecule has 1 amide bonds. The summed E-state index contributed by atoms with van der Waals surface area (Å²) in [4.78, 5) is 11.9. The van der Waals surface area contributed by atoms with E-state index in [9.17, 15) is 17.6 Å². The summed E-state index contributed by atoms with van der Waals surface area (Å²) in [7, 11) is -3.02. The van der Waals surface area contributed by atoms with Gasteiger partial charge in [-0.2, -0.15) is 0 Å². The number of carbonyl (C=O) groups is 1. The lowest BCUT2D eigenvalue weighted by Crippen LogP contribution is -2.46. The second-order valence-electron chi connectivity index (χ2n) is 5.76. The second-order valence-corrected chi connectivity index (χ2v) is 7.95. The maximum absolute atomic E-state index is 13.1. The average molecular weight is 314 g/mol. The van der Waals surface area contributed by atoms with Gasteiger partial charge in [-0.25, -0.2) is 12.8 Å². The van der Waals surface area contributed by atoms with E-state index in [1.54, 1.807) is 19.9 Å². The highest BCUT2D eigenvalue weighted by Crippen LogP contribution is 2.22. The van der Waals surface area contributed by atoms with Crippen LogP contribution in [0.3, 0.4) is 0 Å². The van der Waals surface area contributed by atoms with Gasteiger partial charge in [0.2, 0.25) is 5.91 Å². The van der Waals surface area contributed by atoms with E-state index in [2.05, 4.69) is 10.6 Å². The zero-order valence-corrected chi connectivity index (χ0v) is 12.9. The van der Waals surface area contributed by atoms with E-state index in [0.717, 1.165) is 5.56 Å². The highest BCUT2D eigenvalue weighted by atomic mass is 32.2. The number of nitrogens with one attached hydrogen (secondary N) is 2. The molecule has 1 aliphatic rings. The number of anilines is 1. The fourth-order valence-corrected chi connectivity index (χ4v) is 4.49. The summed E-state index contributed by atoms with van der Waals surface area (Å²) in [5, 5.41) is 5.60. The van der Waals surface area contributed by atoms with Crippen molar-refractivity contribution in [3.63, 3.8) is 0 Å². The lowest BCUT2D eigenvalue weighted by molar-refractivity contribution is -0.115. The lowest BCUT2D eigenvalue weighted by Gasteiger charge is -2.23. The van der Waals surface area contributed by atoms with Gasteiger partial charge in [-0.15, -0.1) is 0 Å². The van der Waals surface area contributed by atoms with Crippen LogP contribution in [0, 0.1) is 12.7 Å². The molecule has 1 aromatic rings. The first-order valence-corrected chi connectivity index (χ1v) is 8.53. The molecule has 0 aliphatic carbocycles. The molecule has 0 aromatic heterocycles. The van der Waals surface area contributed by atoms with E-state index in [0.29, 0.717) is 12.1 Å². The first kappa shape index (κ1) is 15.9. The van der Waals surface area contributed by atoms with E-state index < -0.39 is 21.2 Å². The van der Waals surface area contributed by atoms with Crippen LogP contribution in [0.2, 0.25) is 0 Å². The van der Waals surface area contributed by atoms with Gasteiger partial charge in [0, 0.05) is 11.2 Å². The standard InChI is InChI=1S/C14H19FN2O3S/c1-10-3-4-11(15)7-12(10)17-13(18)8-16-14(2)5-6-21(19,20)9-14/h3-4,7,16H,5-6,8-9H2,1-2H3,(H,17,18). The molecule has 1 aromatic carbocycles. The third-order valence-electron chi connectivity index (χ3n) is 3.65. The van der Waals surface area contributed by atoms with Crippen molar-refractivity contribution in [2.75, 3.05) is 23.4 Å². The van der Waals surface area contributed by atoms with Crippen LogP contribution in [0.1, 0.15) is 18.9 Å². The number of sulfone groups is 1. The number of aryl methyl sites for hydroxylation is 1. The first-order chi connectivity index (χ1) is 9.69. The minimum Gasteiger partial charge on any atom is -0.325 e. The van der Waals surface area contributed by atoms with Gasteiger partial charge in [0.1, 0.15) is 5.82 Å². The summed E-state index contributed by atoms with van der Waals surface area (Å²) < 4.78 is 36.1. The molecule has 1 heterocycles. The molecule has 1 fully saturated rings. The maximum atomic E-state index is 13.1. The Morgan fingerprint density at radius 3 is 2.76 bits per heavy atom. The van der Waals surface area contributed by atoms with Crippen LogP contribution in [0.15, 0.2) is 18.2 Å². The highest BCUT2D eigenvalue weighted by molar-refractivity contribution is 7.91. The minimum atomic E-state index is -3.02. The summed E-state index contributed by atoms with van der Waals surface area (Å²) in [6.45, 7) is 3.55. The Bertz CT molecular complexity index is 660. The monoisotopic (exact) mass is 314 g/mol. The van der Waals surface area contributed by atoms with Crippen LogP contribution in [0.4, 0.5) is 10.1 Å². The smallest absolute Gasteiger partial charge is 0.238 e. The summed E-state index contributed by atoms with van der Waals surface area (Å²) in [6.07, 6.45) is 0.488. The number of halogens is 1. The normalized spacial score (nSPS) is 24.0. The minimum absolute atomic E-state index is 0.0119. The summed E-state index contributed by atoms with van der Waals surface area (Å²) >= 11 is 0. The number of rotatable bonds is 4. The Labute approximate surface area is 123 Å². The molecule has 1 aliphatic heterocycles. The number of benzene rings is 1. The fraction of sp³-hybridized carbons (Fsp3) is 0.500. The van der Waals surface area contributed by atoms with Crippen molar-refractivity contribution in [2.45, 2.75) is 25.8 Å². The molecular formula is C14H19FN2O3S. The van der Waals surface area contributed by atoms with Gasteiger partial charge in [-0.1, -0.05) is 6.07 Å². The zero-order chi connectivity index (χ0) is 15.7. The Hall–Kier alpha value is -1.47. The van der Waals surface area contributed by atoms with Gasteiger partial charge in [-0.05, 0) is 38.0 Å². The van der Waals surface area contributed by atoms with E-state index in [-0.39, 0.29) is 24.0 Å². The van der Waals surface area contributed by atoms with Gasteiger partial charge in [0.05, 0.1) is 18.1 Å². The number of hydrogen-bond donors (Lipinski definition) is 2. The van der Waals surface area contributed by atoms with Gasteiger partial charge in [0.15, 0.2) is 9.84 Å². The van der Waals surface area contributed by atoms with Gasteiger partial charge in [-0.3, -0.25) is 4.79 Å². The van der Waals surface area contributed by atoms with Crippen molar-refractivity contribution in [1.29, 1.82) is 0 Å². The van der Waals surface area contributed by atoms with E-state index in [1.807, 2.05) is 0 Å². The summed E-state index contributed by atoms with van der Waals surface area (Å²) in [6, 6.07) is 4.17. The predicted octanol–water partition coefficient (Wildman–Crippen LogP) is 1.24. The SMILES string of the molecule is Cc1ccc(F)cc1NC(=O)CNC1(C)CCS(=O)(=O)C1. The second kappa shape index (κ2) is 5.73. The molecule has 2 N–H and O–H groups in total. The molecule has 1 saturated heterocycles. The van der Waals surface area contributed by atoms with Gasteiger partial charge < -0.3 is 10.6 Å². The molecule has 0 radical (unpaired) electrons. The molecule has 1 unspecified atom stereocenters.